The third-order valence-electron chi connectivity index (χ3n) is 5.84. The van der Waals surface area contributed by atoms with Gasteiger partial charge in [-0.3, -0.25) is 9.05 Å². The summed E-state index contributed by atoms with van der Waals surface area (Å²) in [6.45, 7) is 1.65. The first-order valence-corrected chi connectivity index (χ1v) is 12.8. The largest absolute Gasteiger partial charge is 0.573 e. The third-order valence-corrected chi connectivity index (χ3v) is 6.75. The van der Waals surface area contributed by atoms with Crippen molar-refractivity contribution in [3.63, 3.8) is 0 Å². The summed E-state index contributed by atoms with van der Waals surface area (Å²) in [7, 11) is -4.10. The smallest absolute Gasteiger partial charge is 0.493 e. The van der Waals surface area contributed by atoms with Gasteiger partial charge in [0, 0.05) is 0 Å². The molecule has 0 radical (unpaired) electrons. The Bertz CT molecular complexity index is 1100. The van der Waals surface area contributed by atoms with Crippen molar-refractivity contribution in [2.75, 3.05) is 6.61 Å². The lowest BCUT2D eigenvalue weighted by molar-refractivity contribution is -0.274. The molecule has 1 unspecified atom stereocenters. The van der Waals surface area contributed by atoms with E-state index in [1.807, 2.05) is 0 Å². The minimum absolute atomic E-state index is 0.0530. The van der Waals surface area contributed by atoms with Gasteiger partial charge in [0.15, 0.2) is 6.29 Å². The summed E-state index contributed by atoms with van der Waals surface area (Å²) in [6, 6.07) is 8.83. The Hall–Kier alpha value is -2.31. The number of hydrogen-bond donors (Lipinski definition) is 2. The first kappa shape index (κ1) is 29.2. The Labute approximate surface area is 209 Å². The molecule has 1 atom stereocenters. The van der Waals surface area contributed by atoms with Crippen LogP contribution in [0.4, 0.5) is 26.3 Å². The lowest BCUT2D eigenvalue weighted by Gasteiger charge is -2.42. The maximum Gasteiger partial charge on any atom is 0.573 e. The monoisotopic (exact) mass is 557 g/mol. The van der Waals surface area contributed by atoms with Crippen molar-refractivity contribution in [2.45, 2.75) is 63.4 Å². The van der Waals surface area contributed by atoms with Crippen molar-refractivity contribution < 1.29 is 54.3 Å². The second-order valence-electron chi connectivity index (χ2n) is 8.57. The summed E-state index contributed by atoms with van der Waals surface area (Å²) in [5, 5.41) is 0. The van der Waals surface area contributed by atoms with Crippen molar-refractivity contribution >= 4 is 7.82 Å². The number of benzene rings is 2. The normalized spacial score (nSPS) is 21.7. The molecular weight excluding hydrogens is 531 g/mol. The SMILES string of the molecule is CCC(N)(CCc1ccc(OCCCc2ccc(OC(F)(F)F)cc2)c(C(F)(F)F)c1)C1OP(=O)(O)O1. The van der Waals surface area contributed by atoms with Crippen LogP contribution in [0.2, 0.25) is 0 Å². The number of phosphoric acid groups is 1. The van der Waals surface area contributed by atoms with Gasteiger partial charge in [0.05, 0.1) is 17.7 Å². The maximum absolute atomic E-state index is 13.7. The zero-order valence-electron chi connectivity index (χ0n) is 19.6. The van der Waals surface area contributed by atoms with Crippen LogP contribution in [-0.2, 0) is 32.6 Å². The van der Waals surface area contributed by atoms with E-state index in [0.717, 1.165) is 18.2 Å². The second kappa shape index (κ2) is 11.2. The highest BCUT2D eigenvalue weighted by molar-refractivity contribution is 7.48. The van der Waals surface area contributed by atoms with Crippen LogP contribution in [0.3, 0.4) is 0 Å². The molecule has 1 aliphatic heterocycles. The van der Waals surface area contributed by atoms with Crippen molar-refractivity contribution in [3.8, 4) is 11.5 Å². The Morgan fingerprint density at radius 1 is 1.00 bits per heavy atom. The van der Waals surface area contributed by atoms with Crippen LogP contribution >= 0.6 is 7.82 Å². The van der Waals surface area contributed by atoms with Gasteiger partial charge < -0.3 is 20.1 Å². The van der Waals surface area contributed by atoms with Gasteiger partial charge in [0.1, 0.15) is 11.5 Å². The summed E-state index contributed by atoms with van der Waals surface area (Å²) in [5.74, 6) is -0.721. The van der Waals surface area contributed by atoms with Crippen molar-refractivity contribution in [1.29, 1.82) is 0 Å². The molecule has 0 amide bonds. The Balaban J connectivity index is 1.57. The number of alkyl halides is 6. The van der Waals surface area contributed by atoms with Crippen molar-refractivity contribution in [3.05, 3.63) is 59.2 Å². The van der Waals surface area contributed by atoms with Crippen LogP contribution < -0.4 is 15.2 Å². The van der Waals surface area contributed by atoms with Crippen LogP contribution in [0.25, 0.3) is 0 Å². The summed E-state index contributed by atoms with van der Waals surface area (Å²) >= 11 is 0. The van der Waals surface area contributed by atoms with Gasteiger partial charge in [-0.15, -0.1) is 13.2 Å². The van der Waals surface area contributed by atoms with Gasteiger partial charge in [-0.25, -0.2) is 4.57 Å². The predicted molar refractivity (Wildman–Crippen MR) is 120 cm³/mol. The molecule has 0 spiro atoms. The van der Waals surface area contributed by atoms with E-state index in [1.54, 1.807) is 6.92 Å². The van der Waals surface area contributed by atoms with Gasteiger partial charge in [-0.2, -0.15) is 13.2 Å². The van der Waals surface area contributed by atoms with Crippen molar-refractivity contribution in [2.24, 2.45) is 5.73 Å². The number of nitrogens with two attached hydrogens (primary N) is 1. The van der Waals surface area contributed by atoms with Crippen LogP contribution in [0.1, 0.15) is 42.9 Å². The molecule has 206 valence electrons. The van der Waals surface area contributed by atoms with E-state index in [2.05, 4.69) is 4.74 Å². The number of aryl methyl sites for hydroxylation is 2. The quantitative estimate of drug-likeness (QED) is 0.195. The number of ether oxygens (including phenoxy) is 2. The van der Waals surface area contributed by atoms with Gasteiger partial charge in [-0.1, -0.05) is 25.1 Å². The predicted octanol–water partition coefficient (Wildman–Crippen LogP) is 6.13. The Morgan fingerprint density at radius 3 is 2.16 bits per heavy atom. The highest BCUT2D eigenvalue weighted by Crippen LogP contribution is 2.58. The minimum Gasteiger partial charge on any atom is -0.493 e. The molecule has 0 bridgehead atoms. The number of hydrogen-bond acceptors (Lipinski definition) is 6. The molecule has 1 heterocycles. The number of phosphoric ester groups is 1. The maximum atomic E-state index is 13.7. The van der Waals surface area contributed by atoms with Crippen LogP contribution in [0.15, 0.2) is 42.5 Å². The molecule has 7 nitrogen and oxygen atoms in total. The fraction of sp³-hybridized carbons (Fsp3) is 0.478. The molecule has 0 saturated carbocycles. The van der Waals surface area contributed by atoms with Gasteiger partial charge in [0.25, 0.3) is 0 Å². The first-order chi connectivity index (χ1) is 17.1. The summed E-state index contributed by atoms with van der Waals surface area (Å²) in [6.07, 6.45) is -9.37. The molecule has 37 heavy (non-hydrogen) atoms. The van der Waals surface area contributed by atoms with E-state index in [0.29, 0.717) is 30.4 Å². The van der Waals surface area contributed by atoms with E-state index in [-0.39, 0.29) is 30.9 Å². The summed E-state index contributed by atoms with van der Waals surface area (Å²) < 4.78 is 108. The highest BCUT2D eigenvalue weighted by atomic mass is 31.2. The van der Waals surface area contributed by atoms with Gasteiger partial charge in [-0.05, 0) is 67.5 Å². The lowest BCUT2D eigenvalue weighted by atomic mass is 9.88. The average molecular weight is 557 g/mol. The molecule has 2 aromatic rings. The number of halogens is 6. The number of rotatable bonds is 11. The summed E-state index contributed by atoms with van der Waals surface area (Å²) in [5.41, 5.74) is 5.07. The van der Waals surface area contributed by atoms with E-state index < -0.39 is 37.8 Å². The molecule has 1 fully saturated rings. The highest BCUT2D eigenvalue weighted by Gasteiger charge is 2.51. The van der Waals surface area contributed by atoms with Crippen molar-refractivity contribution in [1.82, 2.24) is 0 Å². The van der Waals surface area contributed by atoms with E-state index in [4.69, 9.17) is 24.4 Å². The van der Waals surface area contributed by atoms with Crippen LogP contribution in [0, 0.1) is 0 Å². The molecule has 3 rings (SSSR count). The Morgan fingerprint density at radius 2 is 1.62 bits per heavy atom. The molecule has 0 aromatic heterocycles. The zero-order chi connectivity index (χ0) is 27.5. The lowest BCUT2D eigenvalue weighted by Crippen LogP contribution is -2.56. The van der Waals surface area contributed by atoms with Gasteiger partial charge in [0.2, 0.25) is 0 Å². The fourth-order valence-corrected chi connectivity index (χ4v) is 4.61. The van der Waals surface area contributed by atoms with Gasteiger partial charge >= 0.3 is 20.4 Å². The zero-order valence-corrected chi connectivity index (χ0v) is 20.5. The summed E-state index contributed by atoms with van der Waals surface area (Å²) in [4.78, 5) is 9.16. The first-order valence-electron chi connectivity index (χ1n) is 11.3. The molecule has 3 N–H and O–H groups in total. The average Bonchev–Trinajstić information content (AvgIpc) is 2.78. The van der Waals surface area contributed by atoms with E-state index in [1.165, 1.54) is 24.3 Å². The third kappa shape index (κ3) is 8.34. The minimum atomic E-state index is -4.80. The molecular formula is C23H26F6NO6P. The standard InChI is InChI=1S/C23H26F6NO6P/c1-2-21(30,20-35-37(31,32)36-20)12-11-16-7-10-19(18(14-16)22(24,25)26)33-13-3-4-15-5-8-17(9-6-15)34-23(27,28)29/h5-10,14,20H,2-4,11-13,30H2,1H3,(H,31,32). The molecule has 14 heteroatoms. The molecule has 1 aliphatic rings. The second-order valence-corrected chi connectivity index (χ2v) is 9.93. The Kier molecular flexibility index (Phi) is 8.86. The molecule has 2 aromatic carbocycles. The molecule has 0 aliphatic carbocycles. The van der Waals surface area contributed by atoms with E-state index in [9.17, 15) is 30.9 Å². The van der Waals surface area contributed by atoms with E-state index >= 15 is 0 Å². The fourth-order valence-electron chi connectivity index (χ4n) is 3.69. The topological polar surface area (TPSA) is 100 Å². The van der Waals surface area contributed by atoms with Crippen LogP contribution in [0.5, 0.6) is 11.5 Å². The molecule has 1 saturated heterocycles. The van der Waals surface area contributed by atoms with Crippen LogP contribution in [-0.4, -0.2) is 29.7 Å².